The second-order valence-corrected chi connectivity index (χ2v) is 7.80. The lowest BCUT2D eigenvalue weighted by Gasteiger charge is -2.41. The molecule has 1 aromatic rings. The van der Waals surface area contributed by atoms with E-state index in [0.29, 0.717) is 19.1 Å². The molecule has 0 saturated carbocycles. The standard InChI is InChI=1S/C20H26F2N4O3/c21-15-11-14(29-17-1-2-18(27)24-20(17)28)12-16(22)19(15)26-9-7-25(8-10-26)13-3-5-23-6-4-13/h11-13,17,23H,1-10H2,(H,24,27,28). The summed E-state index contributed by atoms with van der Waals surface area (Å²) >= 11 is 0. The molecule has 9 heteroatoms. The Hall–Kier alpha value is -2.26. The second kappa shape index (κ2) is 8.62. The minimum absolute atomic E-state index is 0.0495. The van der Waals surface area contributed by atoms with E-state index < -0.39 is 23.6 Å². The zero-order valence-electron chi connectivity index (χ0n) is 16.3. The molecule has 0 spiro atoms. The van der Waals surface area contributed by atoms with Crippen LogP contribution in [-0.2, 0) is 9.59 Å². The molecule has 3 aliphatic rings. The molecule has 0 radical (unpaired) electrons. The molecular formula is C20H26F2N4O3. The number of amides is 2. The smallest absolute Gasteiger partial charge is 0.267 e. The fraction of sp³-hybridized carbons (Fsp3) is 0.600. The molecule has 1 atom stereocenters. The Morgan fingerprint density at radius 1 is 0.966 bits per heavy atom. The van der Waals surface area contributed by atoms with Gasteiger partial charge in [-0.25, -0.2) is 8.78 Å². The molecule has 0 bridgehead atoms. The van der Waals surface area contributed by atoms with Crippen LogP contribution in [0.1, 0.15) is 25.7 Å². The van der Waals surface area contributed by atoms with Gasteiger partial charge in [0.25, 0.3) is 5.91 Å². The highest BCUT2D eigenvalue weighted by Crippen LogP contribution is 2.30. The first-order valence-electron chi connectivity index (χ1n) is 10.2. The van der Waals surface area contributed by atoms with Gasteiger partial charge in [-0.15, -0.1) is 0 Å². The van der Waals surface area contributed by atoms with Crippen molar-refractivity contribution in [2.24, 2.45) is 0 Å². The Balaban J connectivity index is 1.40. The van der Waals surface area contributed by atoms with Crippen molar-refractivity contribution in [2.45, 2.75) is 37.8 Å². The quantitative estimate of drug-likeness (QED) is 0.725. The summed E-state index contributed by atoms with van der Waals surface area (Å²) in [6.45, 7) is 4.71. The molecule has 3 saturated heterocycles. The maximum absolute atomic E-state index is 14.7. The molecule has 0 aromatic heterocycles. The van der Waals surface area contributed by atoms with Gasteiger partial charge in [-0.2, -0.15) is 0 Å². The molecule has 2 N–H and O–H groups in total. The molecule has 0 aliphatic carbocycles. The number of halogens is 2. The van der Waals surface area contributed by atoms with Gasteiger partial charge in [0.1, 0.15) is 11.4 Å². The third kappa shape index (κ3) is 4.51. The molecule has 1 aromatic carbocycles. The van der Waals surface area contributed by atoms with Crippen molar-refractivity contribution in [3.8, 4) is 5.75 Å². The van der Waals surface area contributed by atoms with E-state index in [-0.39, 0.29) is 30.2 Å². The van der Waals surface area contributed by atoms with Gasteiger partial charge in [-0.3, -0.25) is 19.8 Å². The molecule has 7 nitrogen and oxygen atoms in total. The molecule has 29 heavy (non-hydrogen) atoms. The van der Waals surface area contributed by atoms with Crippen molar-refractivity contribution < 1.29 is 23.1 Å². The first-order valence-corrected chi connectivity index (χ1v) is 10.2. The number of imide groups is 1. The highest BCUT2D eigenvalue weighted by Gasteiger charge is 2.30. The topological polar surface area (TPSA) is 73.9 Å². The molecule has 3 fully saturated rings. The van der Waals surface area contributed by atoms with Crippen molar-refractivity contribution >= 4 is 17.5 Å². The average Bonchev–Trinajstić information content (AvgIpc) is 2.71. The number of carbonyl (C=O) groups is 2. The Kier molecular flexibility index (Phi) is 5.96. The number of hydrogen-bond donors (Lipinski definition) is 2. The molecule has 158 valence electrons. The lowest BCUT2D eigenvalue weighted by atomic mass is 10.0. The van der Waals surface area contributed by atoms with E-state index in [9.17, 15) is 18.4 Å². The Morgan fingerprint density at radius 3 is 2.24 bits per heavy atom. The predicted octanol–water partition coefficient (Wildman–Crippen LogP) is 1.02. The maximum atomic E-state index is 14.7. The van der Waals surface area contributed by atoms with Crippen LogP contribution < -0.4 is 20.3 Å². The van der Waals surface area contributed by atoms with Crippen molar-refractivity contribution in [2.75, 3.05) is 44.2 Å². The summed E-state index contributed by atoms with van der Waals surface area (Å²) in [6, 6.07) is 2.76. The number of carbonyl (C=O) groups excluding carboxylic acids is 2. The highest BCUT2D eigenvalue weighted by molar-refractivity contribution is 5.99. The van der Waals surface area contributed by atoms with Gasteiger partial charge in [0.15, 0.2) is 17.7 Å². The molecule has 3 aliphatic heterocycles. The monoisotopic (exact) mass is 408 g/mol. The minimum Gasteiger partial charge on any atom is -0.480 e. The number of nitrogens with one attached hydrogen (secondary N) is 2. The number of piperazine rings is 1. The number of ether oxygens (including phenoxy) is 1. The van der Waals surface area contributed by atoms with E-state index in [1.54, 1.807) is 4.90 Å². The number of benzene rings is 1. The number of anilines is 1. The Labute approximate surface area is 168 Å². The molecule has 1 unspecified atom stereocenters. The van der Waals surface area contributed by atoms with Crippen LogP contribution in [0.5, 0.6) is 5.75 Å². The third-order valence-electron chi connectivity index (χ3n) is 5.91. The Bertz CT molecular complexity index is 754. The zero-order valence-corrected chi connectivity index (χ0v) is 16.3. The fourth-order valence-electron chi connectivity index (χ4n) is 4.35. The van der Waals surface area contributed by atoms with Gasteiger partial charge in [-0.05, 0) is 25.9 Å². The van der Waals surface area contributed by atoms with Crippen molar-refractivity contribution in [1.82, 2.24) is 15.5 Å². The summed E-state index contributed by atoms with van der Waals surface area (Å²) in [6.07, 6.45) is 1.62. The lowest BCUT2D eigenvalue weighted by Crippen LogP contribution is -2.53. The van der Waals surface area contributed by atoms with E-state index in [1.807, 2.05) is 0 Å². The van der Waals surface area contributed by atoms with Crippen LogP contribution in [0.2, 0.25) is 0 Å². The van der Waals surface area contributed by atoms with E-state index in [0.717, 1.165) is 51.2 Å². The van der Waals surface area contributed by atoms with Crippen LogP contribution in [0.4, 0.5) is 14.5 Å². The normalized spacial score (nSPS) is 24.5. The molecule has 4 rings (SSSR count). The lowest BCUT2D eigenvalue weighted by molar-refractivity contribution is -0.138. The predicted molar refractivity (Wildman–Crippen MR) is 103 cm³/mol. The number of hydrogen-bond acceptors (Lipinski definition) is 6. The van der Waals surface area contributed by atoms with Crippen LogP contribution in [0.3, 0.4) is 0 Å². The summed E-state index contributed by atoms with van der Waals surface area (Å²) in [4.78, 5) is 27.1. The second-order valence-electron chi connectivity index (χ2n) is 7.80. The highest BCUT2D eigenvalue weighted by atomic mass is 19.1. The van der Waals surface area contributed by atoms with Gasteiger partial charge in [0.05, 0.1) is 0 Å². The van der Waals surface area contributed by atoms with Crippen molar-refractivity contribution in [1.29, 1.82) is 0 Å². The SMILES string of the molecule is O=C1CCC(Oc2cc(F)c(N3CCN(C4CCNCC4)CC3)c(F)c2)C(=O)N1. The largest absolute Gasteiger partial charge is 0.480 e. The van der Waals surface area contributed by atoms with Crippen molar-refractivity contribution in [3.05, 3.63) is 23.8 Å². The third-order valence-corrected chi connectivity index (χ3v) is 5.91. The fourth-order valence-corrected chi connectivity index (χ4v) is 4.35. The number of rotatable bonds is 4. The van der Waals surface area contributed by atoms with Crippen LogP contribution in [0, 0.1) is 11.6 Å². The van der Waals surface area contributed by atoms with E-state index in [4.69, 9.17) is 4.74 Å². The van der Waals surface area contributed by atoms with Crippen LogP contribution in [0.25, 0.3) is 0 Å². The van der Waals surface area contributed by atoms with Crippen LogP contribution >= 0.6 is 0 Å². The average molecular weight is 408 g/mol. The van der Waals surface area contributed by atoms with E-state index >= 15 is 0 Å². The summed E-state index contributed by atoms with van der Waals surface area (Å²) < 4.78 is 34.9. The van der Waals surface area contributed by atoms with Gasteiger partial charge in [0, 0.05) is 57.2 Å². The van der Waals surface area contributed by atoms with Gasteiger partial charge in [0.2, 0.25) is 5.91 Å². The molecule has 2 amide bonds. The molecular weight excluding hydrogens is 382 g/mol. The number of nitrogens with zero attached hydrogens (tertiary/aromatic N) is 2. The summed E-state index contributed by atoms with van der Waals surface area (Å²) in [5, 5.41) is 5.52. The first-order chi connectivity index (χ1) is 14.0. The first kappa shape index (κ1) is 20.0. The van der Waals surface area contributed by atoms with Crippen molar-refractivity contribution in [3.63, 3.8) is 0 Å². The summed E-state index contributed by atoms with van der Waals surface area (Å²) in [7, 11) is 0. The van der Waals surface area contributed by atoms with Gasteiger partial charge >= 0.3 is 0 Å². The van der Waals surface area contributed by atoms with E-state index in [1.165, 1.54) is 0 Å². The summed E-state index contributed by atoms with van der Waals surface area (Å²) in [5.41, 5.74) is -0.0504. The number of piperidine rings is 2. The Morgan fingerprint density at radius 2 is 1.62 bits per heavy atom. The van der Waals surface area contributed by atoms with Crippen LogP contribution in [-0.4, -0.2) is 68.1 Å². The van der Waals surface area contributed by atoms with Gasteiger partial charge < -0.3 is 15.0 Å². The molecule has 3 heterocycles. The minimum atomic E-state index is -0.925. The van der Waals surface area contributed by atoms with E-state index in [2.05, 4.69) is 15.5 Å². The van der Waals surface area contributed by atoms with Crippen LogP contribution in [0.15, 0.2) is 12.1 Å². The maximum Gasteiger partial charge on any atom is 0.267 e. The van der Waals surface area contributed by atoms with Gasteiger partial charge in [-0.1, -0.05) is 0 Å². The zero-order chi connectivity index (χ0) is 20.4. The summed E-state index contributed by atoms with van der Waals surface area (Å²) in [5.74, 6) is -2.41.